The fraction of sp³-hybridized carbons (Fsp3) is 0.500. The molecule has 0 aliphatic carbocycles. The topological polar surface area (TPSA) is 64.7 Å². The molecule has 6 heteroatoms. The number of nitrogens with one attached hydrogen (secondary N) is 2. The van der Waals surface area contributed by atoms with E-state index in [1.165, 1.54) is 29.7 Å². The summed E-state index contributed by atoms with van der Waals surface area (Å²) in [5.74, 6) is 0.566. The maximum absolute atomic E-state index is 12.4. The minimum Gasteiger partial charge on any atom is -0.371 e. The molecule has 0 spiro atoms. The number of carbonyl (C=O) groups excluding carboxylic acids is 2. The Bertz CT molecular complexity index is 1070. The van der Waals surface area contributed by atoms with Crippen LogP contribution in [0.5, 0.6) is 0 Å². The van der Waals surface area contributed by atoms with Crippen LogP contribution >= 0.6 is 0 Å². The second-order valence-corrected chi connectivity index (χ2v) is 10.3. The molecule has 2 heterocycles. The normalized spacial score (nSPS) is 19.0. The second-order valence-electron chi connectivity index (χ2n) is 10.3. The summed E-state index contributed by atoms with van der Waals surface area (Å²) in [5, 5.41) is 6.61. The monoisotopic (exact) mass is 462 g/mol. The molecular weight excluding hydrogens is 424 g/mol. The molecule has 34 heavy (non-hydrogen) atoms. The van der Waals surface area contributed by atoms with E-state index in [0.717, 1.165) is 41.5 Å². The molecule has 2 fully saturated rings. The fourth-order valence-corrected chi connectivity index (χ4v) is 5.02. The molecule has 4 rings (SSSR count). The van der Waals surface area contributed by atoms with Crippen molar-refractivity contribution in [3.05, 3.63) is 52.6 Å². The molecule has 2 N–H and O–H groups in total. The van der Waals surface area contributed by atoms with Crippen molar-refractivity contribution >= 4 is 28.9 Å². The van der Waals surface area contributed by atoms with Crippen LogP contribution in [0, 0.1) is 32.6 Å². The van der Waals surface area contributed by atoms with Crippen LogP contribution in [0.4, 0.5) is 17.1 Å². The highest BCUT2D eigenvalue weighted by molar-refractivity contribution is 5.89. The number of hydrogen-bond acceptors (Lipinski definition) is 4. The van der Waals surface area contributed by atoms with Gasteiger partial charge in [0.2, 0.25) is 11.8 Å². The van der Waals surface area contributed by atoms with E-state index >= 15 is 0 Å². The van der Waals surface area contributed by atoms with Crippen molar-refractivity contribution in [3.8, 4) is 0 Å². The van der Waals surface area contributed by atoms with E-state index in [4.69, 9.17) is 0 Å². The summed E-state index contributed by atoms with van der Waals surface area (Å²) in [4.78, 5) is 28.3. The van der Waals surface area contributed by atoms with Crippen LogP contribution in [0.3, 0.4) is 0 Å². The minimum absolute atomic E-state index is 0.0375. The number of amides is 2. The average Bonchev–Trinajstić information content (AvgIpc) is 3.15. The molecule has 0 bridgehead atoms. The lowest BCUT2D eigenvalue weighted by Crippen LogP contribution is -2.33. The number of likely N-dealkylation sites (tertiary alicyclic amines) is 1. The van der Waals surface area contributed by atoms with Gasteiger partial charge < -0.3 is 20.4 Å². The zero-order valence-electron chi connectivity index (χ0n) is 21.2. The van der Waals surface area contributed by atoms with E-state index in [0.29, 0.717) is 19.5 Å². The van der Waals surface area contributed by atoms with Gasteiger partial charge in [0.1, 0.15) is 0 Å². The molecule has 2 aliphatic heterocycles. The number of aryl methyl sites for hydroxylation is 3. The van der Waals surface area contributed by atoms with Crippen LogP contribution in [-0.4, -0.2) is 43.4 Å². The predicted octanol–water partition coefficient (Wildman–Crippen LogP) is 4.69. The van der Waals surface area contributed by atoms with Gasteiger partial charge in [0.05, 0.1) is 5.92 Å². The number of piperidine rings is 1. The third kappa shape index (κ3) is 5.37. The average molecular weight is 463 g/mol. The lowest BCUT2D eigenvalue weighted by molar-refractivity contribution is -0.128. The summed E-state index contributed by atoms with van der Waals surface area (Å²) in [6.45, 7) is 12.0. The summed E-state index contributed by atoms with van der Waals surface area (Å²) in [6.07, 6.45) is 2.83. The van der Waals surface area contributed by atoms with Crippen LogP contribution in [-0.2, 0) is 16.1 Å². The van der Waals surface area contributed by atoms with Crippen molar-refractivity contribution in [1.82, 2.24) is 10.2 Å². The Balaban J connectivity index is 1.39. The molecule has 0 aromatic heterocycles. The number of hydrogen-bond donors (Lipinski definition) is 2. The number of nitrogens with zero attached hydrogens (tertiary/aromatic N) is 2. The van der Waals surface area contributed by atoms with E-state index in [9.17, 15) is 9.59 Å². The largest absolute Gasteiger partial charge is 0.371 e. The van der Waals surface area contributed by atoms with Crippen LogP contribution < -0.4 is 15.5 Å². The fourth-order valence-electron chi connectivity index (χ4n) is 5.02. The van der Waals surface area contributed by atoms with Gasteiger partial charge in [-0.05, 0) is 80.0 Å². The van der Waals surface area contributed by atoms with Gasteiger partial charge in [0.15, 0.2) is 0 Å². The Morgan fingerprint density at radius 2 is 1.71 bits per heavy atom. The van der Waals surface area contributed by atoms with Gasteiger partial charge in [0.25, 0.3) is 0 Å². The quantitative estimate of drug-likeness (QED) is 0.654. The third-order valence-electron chi connectivity index (χ3n) is 7.41. The van der Waals surface area contributed by atoms with Gasteiger partial charge in [-0.25, -0.2) is 0 Å². The van der Waals surface area contributed by atoms with Crippen molar-refractivity contribution in [3.63, 3.8) is 0 Å². The Kier molecular flexibility index (Phi) is 7.15. The van der Waals surface area contributed by atoms with Crippen molar-refractivity contribution < 1.29 is 9.59 Å². The Labute approximate surface area is 203 Å². The van der Waals surface area contributed by atoms with E-state index in [2.05, 4.69) is 67.5 Å². The van der Waals surface area contributed by atoms with Gasteiger partial charge in [-0.3, -0.25) is 9.59 Å². The number of carbonyl (C=O) groups is 2. The van der Waals surface area contributed by atoms with Gasteiger partial charge >= 0.3 is 0 Å². The molecule has 2 aromatic carbocycles. The highest BCUT2D eigenvalue weighted by Gasteiger charge is 2.31. The minimum atomic E-state index is -0.248. The van der Waals surface area contributed by atoms with E-state index in [1.807, 2.05) is 6.07 Å². The molecule has 182 valence electrons. The first kappa shape index (κ1) is 24.1. The lowest BCUT2D eigenvalue weighted by Gasteiger charge is -2.33. The Morgan fingerprint density at radius 3 is 2.35 bits per heavy atom. The van der Waals surface area contributed by atoms with Crippen LogP contribution in [0.1, 0.15) is 48.4 Å². The molecule has 6 nitrogen and oxygen atoms in total. The second kappa shape index (κ2) is 10.1. The Hall–Kier alpha value is -3.02. The van der Waals surface area contributed by atoms with Gasteiger partial charge in [-0.15, -0.1) is 0 Å². The first-order chi connectivity index (χ1) is 16.2. The van der Waals surface area contributed by atoms with Crippen LogP contribution in [0.25, 0.3) is 0 Å². The SMILES string of the molecule is Cc1cc(CNC(=O)C2CC(=O)N(C)C2)ccc1Nc1cc(C)c(N2CCC(C)CC2)cc1C. The lowest BCUT2D eigenvalue weighted by atomic mass is 9.97. The molecule has 2 aliphatic rings. The zero-order chi connectivity index (χ0) is 24.4. The summed E-state index contributed by atoms with van der Waals surface area (Å²) in [5.41, 5.74) is 8.28. The maximum Gasteiger partial charge on any atom is 0.225 e. The van der Waals surface area contributed by atoms with E-state index < -0.39 is 0 Å². The van der Waals surface area contributed by atoms with Crippen LogP contribution in [0.2, 0.25) is 0 Å². The summed E-state index contributed by atoms with van der Waals surface area (Å²) in [6, 6.07) is 10.8. The summed E-state index contributed by atoms with van der Waals surface area (Å²) in [7, 11) is 1.75. The molecule has 1 atom stereocenters. The highest BCUT2D eigenvalue weighted by Crippen LogP contribution is 2.32. The molecule has 2 saturated heterocycles. The van der Waals surface area contributed by atoms with Crippen molar-refractivity contribution in [1.29, 1.82) is 0 Å². The smallest absolute Gasteiger partial charge is 0.225 e. The molecular formula is C28H38N4O2. The van der Waals surface area contributed by atoms with E-state index in [1.54, 1.807) is 11.9 Å². The first-order valence-corrected chi connectivity index (χ1v) is 12.5. The van der Waals surface area contributed by atoms with Gasteiger partial charge in [-0.2, -0.15) is 0 Å². The molecule has 2 aromatic rings. The number of benzene rings is 2. The highest BCUT2D eigenvalue weighted by atomic mass is 16.2. The van der Waals surface area contributed by atoms with E-state index in [-0.39, 0.29) is 17.7 Å². The maximum atomic E-state index is 12.4. The van der Waals surface area contributed by atoms with Gasteiger partial charge in [-0.1, -0.05) is 19.1 Å². The van der Waals surface area contributed by atoms with Crippen molar-refractivity contribution in [2.75, 3.05) is 36.9 Å². The van der Waals surface area contributed by atoms with Crippen molar-refractivity contribution in [2.24, 2.45) is 11.8 Å². The predicted molar refractivity (Wildman–Crippen MR) is 139 cm³/mol. The number of rotatable bonds is 6. The standard InChI is InChI=1S/C28H38N4O2/c1-18-8-10-32(11-9-18)26-14-20(3)25(13-21(26)4)30-24-7-6-22(12-19(24)2)16-29-28(34)23-15-27(33)31(5)17-23/h6-7,12-14,18,23,30H,8-11,15-17H2,1-5H3,(H,29,34). The summed E-state index contributed by atoms with van der Waals surface area (Å²) >= 11 is 0. The zero-order valence-corrected chi connectivity index (χ0v) is 21.2. The van der Waals surface area contributed by atoms with Gasteiger partial charge in [0, 0.05) is 56.7 Å². The first-order valence-electron chi connectivity index (χ1n) is 12.5. The molecule has 1 unspecified atom stereocenters. The molecule has 0 radical (unpaired) electrons. The number of anilines is 3. The summed E-state index contributed by atoms with van der Waals surface area (Å²) < 4.78 is 0. The molecule has 2 amide bonds. The van der Waals surface area contributed by atoms with Crippen LogP contribution in [0.15, 0.2) is 30.3 Å². The Morgan fingerprint density at radius 1 is 1.00 bits per heavy atom. The third-order valence-corrected chi connectivity index (χ3v) is 7.41. The molecule has 0 saturated carbocycles. The van der Waals surface area contributed by atoms with Crippen molar-refractivity contribution in [2.45, 2.75) is 53.5 Å².